The fourth-order valence-electron chi connectivity index (χ4n) is 3.03. The SMILES string of the molecule is O=C(OC(C(=O)NC1CCCC1)c1ccc(C(F)(F)F)cc1)c1ccco1. The molecule has 2 aromatic rings. The van der Waals surface area contributed by atoms with Gasteiger partial charge in [-0.15, -0.1) is 0 Å². The zero-order valence-corrected chi connectivity index (χ0v) is 14.3. The van der Waals surface area contributed by atoms with Gasteiger partial charge in [-0.2, -0.15) is 13.2 Å². The summed E-state index contributed by atoms with van der Waals surface area (Å²) in [5, 5.41) is 2.80. The standard InChI is InChI=1S/C19H18F3NO4/c20-19(21,22)13-9-7-12(8-10-13)16(17(24)23-14-4-1-2-5-14)27-18(25)15-6-3-11-26-15/h3,6-11,14,16H,1-2,4-5H2,(H,23,24). The van der Waals surface area contributed by atoms with Crippen molar-refractivity contribution in [3.63, 3.8) is 0 Å². The highest BCUT2D eigenvalue weighted by Gasteiger charge is 2.32. The topological polar surface area (TPSA) is 68.5 Å². The van der Waals surface area contributed by atoms with Gasteiger partial charge < -0.3 is 14.5 Å². The van der Waals surface area contributed by atoms with Gasteiger partial charge in [0.15, 0.2) is 0 Å². The van der Waals surface area contributed by atoms with Crippen molar-refractivity contribution in [3.8, 4) is 0 Å². The molecule has 1 heterocycles. The highest BCUT2D eigenvalue weighted by molar-refractivity contribution is 5.90. The second kappa shape index (κ2) is 7.85. The number of carbonyl (C=O) groups excluding carboxylic acids is 2. The van der Waals surface area contributed by atoms with Gasteiger partial charge in [0.1, 0.15) is 0 Å². The van der Waals surface area contributed by atoms with Crippen molar-refractivity contribution in [3.05, 3.63) is 59.5 Å². The normalized spacial score (nSPS) is 16.1. The summed E-state index contributed by atoms with van der Waals surface area (Å²) >= 11 is 0. The maximum atomic E-state index is 12.8. The van der Waals surface area contributed by atoms with Crippen molar-refractivity contribution in [1.29, 1.82) is 0 Å². The molecule has 1 amide bonds. The molecule has 27 heavy (non-hydrogen) atoms. The van der Waals surface area contributed by atoms with Gasteiger partial charge in [0, 0.05) is 11.6 Å². The molecule has 8 heteroatoms. The first-order valence-electron chi connectivity index (χ1n) is 8.56. The Labute approximate surface area is 153 Å². The monoisotopic (exact) mass is 381 g/mol. The summed E-state index contributed by atoms with van der Waals surface area (Å²) in [6, 6.07) is 6.81. The molecule has 1 fully saturated rings. The number of benzene rings is 1. The third kappa shape index (κ3) is 4.69. The quantitative estimate of drug-likeness (QED) is 0.786. The fraction of sp³-hybridized carbons (Fsp3) is 0.368. The van der Waals surface area contributed by atoms with Crippen LogP contribution in [0.25, 0.3) is 0 Å². The molecule has 0 aliphatic heterocycles. The van der Waals surface area contributed by atoms with Crippen LogP contribution in [-0.4, -0.2) is 17.9 Å². The molecule has 144 valence electrons. The lowest BCUT2D eigenvalue weighted by Gasteiger charge is -2.20. The number of ether oxygens (including phenoxy) is 1. The zero-order valence-electron chi connectivity index (χ0n) is 14.3. The smallest absolute Gasteiger partial charge is 0.416 e. The minimum atomic E-state index is -4.50. The second-order valence-electron chi connectivity index (χ2n) is 6.37. The van der Waals surface area contributed by atoms with Crippen LogP contribution >= 0.6 is 0 Å². The second-order valence-corrected chi connectivity index (χ2v) is 6.37. The Bertz CT molecular complexity index is 778. The van der Waals surface area contributed by atoms with Crippen LogP contribution in [0.4, 0.5) is 13.2 Å². The van der Waals surface area contributed by atoms with E-state index < -0.39 is 29.7 Å². The van der Waals surface area contributed by atoms with E-state index in [9.17, 15) is 22.8 Å². The average molecular weight is 381 g/mol. The molecule has 1 saturated carbocycles. The average Bonchev–Trinajstić information content (AvgIpc) is 3.32. The first kappa shape index (κ1) is 19.0. The first-order chi connectivity index (χ1) is 12.8. The predicted octanol–water partition coefficient (Wildman–Crippen LogP) is 4.26. The Morgan fingerprint density at radius 1 is 1.11 bits per heavy atom. The summed E-state index contributed by atoms with van der Waals surface area (Å²) in [6.45, 7) is 0. The minimum Gasteiger partial charge on any atom is -0.457 e. The Balaban J connectivity index is 1.81. The molecule has 3 rings (SSSR count). The van der Waals surface area contributed by atoms with Crippen LogP contribution in [0.1, 0.15) is 53.5 Å². The summed E-state index contributed by atoms with van der Waals surface area (Å²) in [5.41, 5.74) is -0.697. The van der Waals surface area contributed by atoms with E-state index >= 15 is 0 Å². The Hall–Kier alpha value is -2.77. The number of carbonyl (C=O) groups is 2. The third-order valence-corrected chi connectivity index (χ3v) is 4.43. The Morgan fingerprint density at radius 3 is 2.33 bits per heavy atom. The van der Waals surface area contributed by atoms with Crippen LogP contribution in [0.5, 0.6) is 0 Å². The van der Waals surface area contributed by atoms with E-state index in [1.54, 1.807) is 0 Å². The first-order valence-corrected chi connectivity index (χ1v) is 8.56. The molecule has 0 saturated heterocycles. The maximum Gasteiger partial charge on any atom is 0.416 e. The minimum absolute atomic E-state index is 0.0308. The lowest BCUT2D eigenvalue weighted by Crippen LogP contribution is -2.38. The highest BCUT2D eigenvalue weighted by Crippen LogP contribution is 2.31. The molecule has 1 aliphatic carbocycles. The molecule has 5 nitrogen and oxygen atoms in total. The number of hydrogen-bond donors (Lipinski definition) is 1. The lowest BCUT2D eigenvalue weighted by atomic mass is 10.1. The summed E-state index contributed by atoms with van der Waals surface area (Å²) in [4.78, 5) is 24.8. The van der Waals surface area contributed by atoms with Crippen LogP contribution in [0, 0.1) is 0 Å². The van der Waals surface area contributed by atoms with Gasteiger partial charge in [0.05, 0.1) is 11.8 Å². The number of rotatable bonds is 5. The Morgan fingerprint density at radius 2 is 1.78 bits per heavy atom. The van der Waals surface area contributed by atoms with Crippen molar-refractivity contribution in [2.45, 2.75) is 44.0 Å². The lowest BCUT2D eigenvalue weighted by molar-refractivity contribution is -0.137. The zero-order chi connectivity index (χ0) is 19.4. The summed E-state index contributed by atoms with van der Waals surface area (Å²) < 4.78 is 48.5. The molecule has 1 aromatic heterocycles. The summed E-state index contributed by atoms with van der Waals surface area (Å²) in [7, 11) is 0. The fourth-order valence-corrected chi connectivity index (χ4v) is 3.03. The molecule has 1 N–H and O–H groups in total. The van der Waals surface area contributed by atoms with E-state index in [-0.39, 0.29) is 17.4 Å². The van der Waals surface area contributed by atoms with Gasteiger partial charge in [0.2, 0.25) is 11.9 Å². The Kier molecular flexibility index (Phi) is 5.53. The number of furan rings is 1. The van der Waals surface area contributed by atoms with E-state index in [1.165, 1.54) is 18.4 Å². The van der Waals surface area contributed by atoms with Crippen molar-refractivity contribution in [2.75, 3.05) is 0 Å². The van der Waals surface area contributed by atoms with E-state index in [4.69, 9.17) is 9.15 Å². The van der Waals surface area contributed by atoms with E-state index in [0.29, 0.717) is 0 Å². The highest BCUT2D eigenvalue weighted by atomic mass is 19.4. The van der Waals surface area contributed by atoms with Crippen LogP contribution < -0.4 is 5.32 Å². The molecular formula is C19H18F3NO4. The predicted molar refractivity (Wildman–Crippen MR) is 88.7 cm³/mol. The van der Waals surface area contributed by atoms with Gasteiger partial charge in [-0.25, -0.2) is 4.79 Å². The van der Waals surface area contributed by atoms with Crippen molar-refractivity contribution in [1.82, 2.24) is 5.32 Å². The molecular weight excluding hydrogens is 363 g/mol. The third-order valence-electron chi connectivity index (χ3n) is 4.43. The number of hydrogen-bond acceptors (Lipinski definition) is 4. The number of alkyl halides is 3. The van der Waals surface area contributed by atoms with Gasteiger partial charge in [0.25, 0.3) is 5.91 Å². The molecule has 1 aliphatic rings. The van der Waals surface area contributed by atoms with Gasteiger partial charge in [-0.1, -0.05) is 25.0 Å². The molecule has 1 unspecified atom stereocenters. The largest absolute Gasteiger partial charge is 0.457 e. The van der Waals surface area contributed by atoms with Gasteiger partial charge in [-0.05, 0) is 37.1 Å². The summed E-state index contributed by atoms with van der Waals surface area (Å²) in [6.07, 6.45) is -0.974. The van der Waals surface area contributed by atoms with Gasteiger partial charge in [-0.3, -0.25) is 4.79 Å². The van der Waals surface area contributed by atoms with Crippen LogP contribution in [0.2, 0.25) is 0 Å². The van der Waals surface area contributed by atoms with Crippen LogP contribution in [0.15, 0.2) is 47.1 Å². The molecule has 0 spiro atoms. The number of amides is 1. The van der Waals surface area contributed by atoms with Gasteiger partial charge >= 0.3 is 12.1 Å². The molecule has 0 bridgehead atoms. The maximum absolute atomic E-state index is 12.8. The van der Waals surface area contributed by atoms with E-state index in [2.05, 4.69) is 5.32 Å². The number of esters is 1. The van der Waals surface area contributed by atoms with E-state index in [0.717, 1.165) is 49.9 Å². The molecule has 1 aromatic carbocycles. The van der Waals surface area contributed by atoms with E-state index in [1.807, 2.05) is 0 Å². The van der Waals surface area contributed by atoms with Crippen LogP contribution in [-0.2, 0) is 15.7 Å². The summed E-state index contributed by atoms with van der Waals surface area (Å²) in [5.74, 6) is -1.53. The van der Waals surface area contributed by atoms with Crippen molar-refractivity contribution >= 4 is 11.9 Å². The van der Waals surface area contributed by atoms with Crippen molar-refractivity contribution < 1.29 is 31.9 Å². The van der Waals surface area contributed by atoms with Crippen LogP contribution in [0.3, 0.4) is 0 Å². The number of nitrogens with one attached hydrogen (secondary N) is 1. The molecule has 1 atom stereocenters. The van der Waals surface area contributed by atoms with Crippen molar-refractivity contribution in [2.24, 2.45) is 0 Å². The number of halogens is 3. The molecule has 0 radical (unpaired) electrons.